The molecular formula is C64H72N12O2+2. The average molecular weight is 1040 g/mol. The fraction of sp³-hybridized carbons (Fsp3) is 0.234. The molecule has 8 aromatic rings. The summed E-state index contributed by atoms with van der Waals surface area (Å²) in [7, 11) is 0. The molecule has 78 heavy (non-hydrogen) atoms. The molecule has 9 rings (SSSR count). The van der Waals surface area contributed by atoms with Gasteiger partial charge >= 0.3 is 0 Å². The number of aliphatic imine (C=N–C) groups is 1. The predicted molar refractivity (Wildman–Crippen MR) is 321 cm³/mol. The van der Waals surface area contributed by atoms with Crippen LogP contribution in [0.1, 0.15) is 91.0 Å². The first-order chi connectivity index (χ1) is 38.0. The van der Waals surface area contributed by atoms with E-state index in [0.717, 1.165) is 149 Å². The number of aromatic nitrogens is 2. The van der Waals surface area contributed by atoms with Crippen molar-refractivity contribution >= 4 is 85.1 Å². The molecule has 0 unspecified atom stereocenters. The molecule has 398 valence electrons. The summed E-state index contributed by atoms with van der Waals surface area (Å²) in [4.78, 5) is 35.9. The molecule has 0 atom stereocenters. The summed E-state index contributed by atoms with van der Waals surface area (Å²) in [5.41, 5.74) is 42.9. The molecule has 1 aliphatic carbocycles. The second-order valence-electron chi connectivity index (χ2n) is 20.1. The zero-order valence-electron chi connectivity index (χ0n) is 44.7. The average Bonchev–Trinajstić information content (AvgIpc) is 3.60. The van der Waals surface area contributed by atoms with Gasteiger partial charge in [0.05, 0.1) is 22.7 Å². The van der Waals surface area contributed by atoms with E-state index < -0.39 is 0 Å². The molecule has 1 aromatic heterocycles. The van der Waals surface area contributed by atoms with Crippen LogP contribution in [-0.4, -0.2) is 48.7 Å². The van der Waals surface area contributed by atoms with Gasteiger partial charge in [-0.2, -0.15) is 0 Å². The first kappa shape index (κ1) is 53.8. The van der Waals surface area contributed by atoms with Crippen LogP contribution in [0.15, 0.2) is 174 Å². The number of quaternary nitrogens is 1. The van der Waals surface area contributed by atoms with Crippen molar-refractivity contribution in [1.29, 1.82) is 0 Å². The number of unbranched alkanes of at least 4 members (excludes halogenated alkanes) is 6. The first-order valence-electron chi connectivity index (χ1n) is 27.2. The van der Waals surface area contributed by atoms with Crippen LogP contribution < -0.4 is 54.1 Å². The highest BCUT2D eigenvalue weighted by molar-refractivity contribution is 6.01. The van der Waals surface area contributed by atoms with Gasteiger partial charge in [0, 0.05) is 91.2 Å². The molecule has 1 aliphatic rings. The Hall–Kier alpha value is -9.01. The molecule has 0 saturated heterocycles. The van der Waals surface area contributed by atoms with Crippen LogP contribution in [0, 0.1) is 6.92 Å². The lowest BCUT2D eigenvalue weighted by molar-refractivity contribution is -0.538. The first-order valence-corrected chi connectivity index (χ1v) is 27.2. The number of carbonyl (C=O) groups excluding carboxylic acids is 2. The number of carbonyl (C=O) groups is 2. The zero-order valence-corrected chi connectivity index (χ0v) is 44.7. The van der Waals surface area contributed by atoms with Gasteiger partial charge in [0.2, 0.25) is 16.7 Å². The number of nitrogens with zero attached hydrogens (tertiary/aromatic N) is 3. The van der Waals surface area contributed by atoms with E-state index in [0.29, 0.717) is 53.4 Å². The maximum atomic E-state index is 13.0. The van der Waals surface area contributed by atoms with Crippen molar-refractivity contribution in [3.8, 4) is 16.8 Å². The van der Waals surface area contributed by atoms with Gasteiger partial charge in [-0.1, -0.05) is 92.4 Å². The minimum atomic E-state index is -0.0825. The van der Waals surface area contributed by atoms with Gasteiger partial charge in [-0.05, 0) is 122 Å². The molecule has 1 heterocycles. The molecular weight excluding hydrogens is 969 g/mol. The number of para-hydroxylation sites is 2. The van der Waals surface area contributed by atoms with Crippen molar-refractivity contribution in [3.05, 3.63) is 186 Å². The second kappa shape index (κ2) is 25.7. The summed E-state index contributed by atoms with van der Waals surface area (Å²) in [6, 6.07) is 47.3. The lowest BCUT2D eigenvalue weighted by atomic mass is 10.0. The summed E-state index contributed by atoms with van der Waals surface area (Å²) in [6.45, 7) is 7.15. The highest BCUT2D eigenvalue weighted by Crippen LogP contribution is 2.32. The van der Waals surface area contributed by atoms with Crippen LogP contribution in [0.3, 0.4) is 0 Å². The third-order valence-electron chi connectivity index (χ3n) is 14.2. The number of rotatable bonds is 23. The fourth-order valence-corrected chi connectivity index (χ4v) is 9.80. The van der Waals surface area contributed by atoms with Crippen molar-refractivity contribution in [2.45, 2.75) is 71.6 Å². The monoisotopic (exact) mass is 1040 g/mol. The minimum absolute atomic E-state index is 0.0780. The van der Waals surface area contributed by atoms with Crippen LogP contribution >= 0.6 is 0 Å². The smallest absolute Gasteiger partial charge is 0.251 e. The van der Waals surface area contributed by atoms with Crippen LogP contribution in [0.25, 0.3) is 38.9 Å². The van der Waals surface area contributed by atoms with Gasteiger partial charge in [0.15, 0.2) is 5.69 Å². The number of hydrogen-bond donors (Lipinski definition) is 9. The van der Waals surface area contributed by atoms with Crippen molar-refractivity contribution < 1.29 is 19.5 Å². The summed E-state index contributed by atoms with van der Waals surface area (Å²) in [5, 5.41) is 15.5. The Bertz CT molecular complexity index is 3500. The maximum Gasteiger partial charge on any atom is 0.251 e. The standard InChI is InChI=1S/C64H70N12O2/c1-42-35-49(74-58-38-52(66)51(65)37-57(58)73-48-17-9-7-10-18-48)29-30-55(42)69-31-13-3-5-15-33-71-63(77)46-25-21-44(22-26-46)45-23-27-47(28-24-45)64(78)72-34-16-6-4-14-32-70-56-41-62-59(36-43(56)2)75-60-39-53(67)54(68)40-61(60)76(62)50-19-11-8-12-20-50/h7-12,17-28,30,35-41,69H,3-6,13-16,29,31-34H2,1-2H3,(H11,65,66,67,68,70,71,72,73,75,77,78)/p+2. The lowest BCUT2D eigenvalue weighted by Crippen LogP contribution is -2.71. The van der Waals surface area contributed by atoms with E-state index in [1.165, 1.54) is 0 Å². The molecule has 14 nitrogen and oxygen atoms in total. The molecule has 7 aromatic carbocycles. The van der Waals surface area contributed by atoms with Gasteiger partial charge in [-0.25, -0.2) is 9.98 Å². The van der Waals surface area contributed by atoms with E-state index in [2.05, 4.69) is 93.5 Å². The Balaban J connectivity index is 0.639. The summed E-state index contributed by atoms with van der Waals surface area (Å²) < 4.78 is 2.19. The predicted octanol–water partition coefficient (Wildman–Crippen LogP) is 10.8. The number of hydrogen-bond acceptors (Lipinski definition) is 10. The molecule has 0 saturated carbocycles. The van der Waals surface area contributed by atoms with Crippen LogP contribution in [-0.2, 0) is 0 Å². The van der Waals surface area contributed by atoms with Crippen molar-refractivity contribution in [1.82, 2.24) is 20.9 Å². The Morgan fingerprint density at radius 2 is 1.10 bits per heavy atom. The molecule has 0 radical (unpaired) electrons. The number of nitrogens with two attached hydrogens (primary N) is 5. The number of fused-ring (bicyclic) bond motifs is 2. The summed E-state index contributed by atoms with van der Waals surface area (Å²) >= 11 is 0. The summed E-state index contributed by atoms with van der Waals surface area (Å²) in [5.74, 6) is -0.161. The third-order valence-corrected chi connectivity index (χ3v) is 14.2. The van der Waals surface area contributed by atoms with Crippen LogP contribution in [0.4, 0.5) is 45.5 Å². The van der Waals surface area contributed by atoms with E-state index in [9.17, 15) is 9.59 Å². The van der Waals surface area contributed by atoms with Gasteiger partial charge in [0.1, 0.15) is 22.4 Å². The second-order valence-corrected chi connectivity index (χ2v) is 20.1. The van der Waals surface area contributed by atoms with Gasteiger partial charge in [-0.15, -0.1) is 4.57 Å². The van der Waals surface area contributed by atoms with Gasteiger partial charge in [-0.3, -0.25) is 14.9 Å². The van der Waals surface area contributed by atoms with Gasteiger partial charge in [0.25, 0.3) is 11.8 Å². The topological polar surface area (TPSA) is 232 Å². The zero-order chi connectivity index (χ0) is 54.4. The Morgan fingerprint density at radius 3 is 1.72 bits per heavy atom. The Morgan fingerprint density at radius 1 is 0.577 bits per heavy atom. The molecule has 0 aliphatic heterocycles. The lowest BCUT2D eigenvalue weighted by Gasteiger charge is -2.17. The molecule has 0 fully saturated rings. The largest absolute Gasteiger partial charge is 0.397 e. The number of aryl methyl sites for hydroxylation is 1. The number of allylic oxidation sites excluding steroid dienone is 3. The SMILES string of the molecule is CC1=CC(=Nc2cc(N)c(N)cc2[NH2+]c2ccccc2)CC=C1NCCCCCCNC(=O)c1ccc(-c2ccc(C(=O)NCCCCCCNc3cc4c(cc3C)nc3cc(N)c(N)cc3[n+]4-c3ccccc3)cc2)cc1. The van der Waals surface area contributed by atoms with E-state index in [1.54, 1.807) is 0 Å². The number of benzene rings is 7. The van der Waals surface area contributed by atoms with E-state index in [1.807, 2.05) is 109 Å². The van der Waals surface area contributed by atoms with E-state index >= 15 is 0 Å². The van der Waals surface area contributed by atoms with Crippen LogP contribution in [0.5, 0.6) is 0 Å². The highest BCUT2D eigenvalue weighted by atomic mass is 16.2. The van der Waals surface area contributed by atoms with Crippen molar-refractivity contribution in [2.24, 2.45) is 4.99 Å². The van der Waals surface area contributed by atoms with Crippen molar-refractivity contribution in [2.75, 3.05) is 54.4 Å². The fourth-order valence-electron chi connectivity index (χ4n) is 9.80. The molecule has 0 spiro atoms. The molecule has 14 N–H and O–H groups in total. The Labute approximate surface area is 457 Å². The quantitative estimate of drug-likeness (QED) is 0.0128. The summed E-state index contributed by atoms with van der Waals surface area (Å²) in [6.07, 6.45) is 13.0. The maximum absolute atomic E-state index is 13.0. The molecule has 14 heteroatoms. The number of amides is 2. The Kier molecular flexibility index (Phi) is 17.7. The van der Waals surface area contributed by atoms with Crippen molar-refractivity contribution in [3.63, 3.8) is 0 Å². The third kappa shape index (κ3) is 13.7. The van der Waals surface area contributed by atoms with Crippen LogP contribution in [0.2, 0.25) is 0 Å². The molecule has 0 bridgehead atoms. The minimum Gasteiger partial charge on any atom is -0.397 e. The van der Waals surface area contributed by atoms with E-state index in [-0.39, 0.29) is 11.8 Å². The number of nitrogens with one attached hydrogen (secondary N) is 4. The van der Waals surface area contributed by atoms with E-state index in [4.69, 9.17) is 32.9 Å². The normalized spacial score (nSPS) is 12.8. The molecule has 2 amide bonds. The number of nitrogen functional groups attached to an aromatic ring is 4. The highest BCUT2D eigenvalue weighted by Gasteiger charge is 2.22. The van der Waals surface area contributed by atoms with Gasteiger partial charge < -0.3 is 44.2 Å². The number of anilines is 5.